The van der Waals surface area contributed by atoms with Crippen LogP contribution in [0.1, 0.15) is 15.9 Å². The number of nitrogens with one attached hydrogen (secondary N) is 3. The van der Waals surface area contributed by atoms with Crippen LogP contribution in [0.15, 0.2) is 60.7 Å². The molecule has 2 aromatic heterocycles. The third-order valence-electron chi connectivity index (χ3n) is 4.88. The first-order valence-electron chi connectivity index (χ1n) is 9.24. The van der Waals surface area contributed by atoms with Crippen LogP contribution in [0.25, 0.3) is 33.5 Å². The number of aromatic nitrogens is 4. The van der Waals surface area contributed by atoms with Crippen LogP contribution in [-0.2, 0) is 6.54 Å². The lowest BCUT2D eigenvalue weighted by molar-refractivity contribution is 0.0951. The number of benzene rings is 3. The molecule has 0 fully saturated rings. The van der Waals surface area contributed by atoms with E-state index in [1.165, 1.54) is 12.1 Å². The van der Waals surface area contributed by atoms with Gasteiger partial charge in [0.05, 0.1) is 21.6 Å². The van der Waals surface area contributed by atoms with Gasteiger partial charge in [0, 0.05) is 17.5 Å². The normalized spacial score (nSPS) is 11.3. The van der Waals surface area contributed by atoms with E-state index in [-0.39, 0.29) is 17.5 Å². The second-order valence-corrected chi connectivity index (χ2v) is 7.27. The summed E-state index contributed by atoms with van der Waals surface area (Å²) in [6.07, 6.45) is 0. The maximum absolute atomic E-state index is 13.6. The van der Waals surface area contributed by atoms with Gasteiger partial charge >= 0.3 is 0 Å². The van der Waals surface area contributed by atoms with Crippen molar-refractivity contribution in [2.75, 3.05) is 0 Å². The number of halogens is 2. The van der Waals surface area contributed by atoms with E-state index in [4.69, 9.17) is 11.6 Å². The predicted octanol–water partition coefficient (Wildman–Crippen LogP) is 4.83. The van der Waals surface area contributed by atoms with Crippen LogP contribution in [0.5, 0.6) is 0 Å². The number of rotatable bonds is 4. The summed E-state index contributed by atoms with van der Waals surface area (Å²) in [5.41, 5.74) is 4.19. The summed E-state index contributed by atoms with van der Waals surface area (Å²) >= 11 is 5.69. The zero-order chi connectivity index (χ0) is 20.7. The molecule has 3 aromatic carbocycles. The molecular weight excluding hydrogens is 405 g/mol. The van der Waals surface area contributed by atoms with Crippen molar-refractivity contribution in [1.82, 2.24) is 25.5 Å². The van der Waals surface area contributed by atoms with E-state index in [0.29, 0.717) is 17.0 Å². The number of para-hydroxylation sites is 1. The molecule has 30 heavy (non-hydrogen) atoms. The first-order valence-corrected chi connectivity index (χ1v) is 9.62. The summed E-state index contributed by atoms with van der Waals surface area (Å²) in [7, 11) is 0. The lowest BCUT2D eigenvalue weighted by atomic mass is 10.1. The fourth-order valence-corrected chi connectivity index (χ4v) is 3.46. The summed E-state index contributed by atoms with van der Waals surface area (Å²) in [5, 5.41) is 11.1. The second kappa shape index (κ2) is 7.27. The number of fused-ring (bicyclic) bond motifs is 2. The molecule has 6 nitrogen and oxygen atoms in total. The molecule has 0 spiro atoms. The van der Waals surface area contributed by atoms with Gasteiger partial charge in [-0.2, -0.15) is 5.10 Å². The number of imidazole rings is 1. The fraction of sp³-hybridized carbons (Fsp3) is 0.0455. The van der Waals surface area contributed by atoms with Crippen molar-refractivity contribution in [3.63, 3.8) is 0 Å². The van der Waals surface area contributed by atoms with Crippen LogP contribution >= 0.6 is 11.6 Å². The highest BCUT2D eigenvalue weighted by Gasteiger charge is 2.14. The number of carbonyl (C=O) groups is 1. The summed E-state index contributed by atoms with van der Waals surface area (Å²) in [6.45, 7) is 0.193. The monoisotopic (exact) mass is 419 g/mol. The highest BCUT2D eigenvalue weighted by Crippen LogP contribution is 2.26. The Balaban J connectivity index is 1.39. The molecule has 0 saturated carbocycles. The number of amides is 1. The molecule has 0 bridgehead atoms. The van der Waals surface area contributed by atoms with E-state index in [9.17, 15) is 9.18 Å². The molecule has 0 atom stereocenters. The van der Waals surface area contributed by atoms with Gasteiger partial charge in [0.1, 0.15) is 11.5 Å². The summed E-state index contributed by atoms with van der Waals surface area (Å²) in [6, 6.07) is 17.5. The lowest BCUT2D eigenvalue weighted by Gasteiger charge is -2.06. The van der Waals surface area contributed by atoms with Crippen LogP contribution in [0, 0.1) is 5.82 Å². The maximum atomic E-state index is 13.6. The smallest absolute Gasteiger partial charge is 0.251 e. The molecule has 0 aliphatic heterocycles. The van der Waals surface area contributed by atoms with Crippen LogP contribution in [0.2, 0.25) is 5.02 Å². The Labute approximate surface area is 175 Å². The summed E-state index contributed by atoms with van der Waals surface area (Å²) in [5.74, 6) is -0.161. The molecule has 5 aromatic rings. The third-order valence-corrected chi connectivity index (χ3v) is 5.18. The Morgan fingerprint density at radius 1 is 1.07 bits per heavy atom. The van der Waals surface area contributed by atoms with Gasteiger partial charge in [-0.25, -0.2) is 9.37 Å². The Hall–Kier alpha value is -3.71. The van der Waals surface area contributed by atoms with Gasteiger partial charge in [0.15, 0.2) is 5.82 Å². The molecule has 0 unspecified atom stereocenters. The molecule has 0 aliphatic rings. The van der Waals surface area contributed by atoms with Crippen molar-refractivity contribution in [2.45, 2.75) is 6.54 Å². The van der Waals surface area contributed by atoms with Crippen molar-refractivity contribution in [3.8, 4) is 11.5 Å². The Kier molecular flexibility index (Phi) is 4.44. The van der Waals surface area contributed by atoms with Crippen LogP contribution in [0.3, 0.4) is 0 Å². The molecular formula is C22H15ClFN5O. The molecule has 1 amide bonds. The predicted molar refractivity (Wildman–Crippen MR) is 114 cm³/mol. The Morgan fingerprint density at radius 3 is 2.80 bits per heavy atom. The third kappa shape index (κ3) is 3.29. The summed E-state index contributed by atoms with van der Waals surface area (Å²) < 4.78 is 13.6. The number of carbonyl (C=O) groups excluding carboxylic acids is 1. The largest absolute Gasteiger partial charge is 0.348 e. The van der Waals surface area contributed by atoms with Gasteiger partial charge < -0.3 is 10.3 Å². The number of aromatic amines is 2. The SMILES string of the molecule is O=C(NCc1ccc(Cl)c(F)c1)c1ccc2nc(-c3n[nH]c4ccccc34)[nH]c2c1. The van der Waals surface area contributed by atoms with Crippen LogP contribution in [0.4, 0.5) is 4.39 Å². The van der Waals surface area contributed by atoms with Gasteiger partial charge in [0.25, 0.3) is 5.91 Å². The number of H-pyrrole nitrogens is 2. The first-order chi connectivity index (χ1) is 14.6. The quantitative estimate of drug-likeness (QED) is 0.390. The minimum Gasteiger partial charge on any atom is -0.348 e. The zero-order valence-corrected chi connectivity index (χ0v) is 16.3. The number of hydrogen-bond donors (Lipinski definition) is 3. The molecule has 5 rings (SSSR count). The molecule has 0 aliphatic carbocycles. The molecule has 2 heterocycles. The minimum absolute atomic E-state index is 0.0512. The van der Waals surface area contributed by atoms with E-state index in [1.54, 1.807) is 24.3 Å². The van der Waals surface area contributed by atoms with Crippen molar-refractivity contribution in [2.24, 2.45) is 0 Å². The maximum Gasteiger partial charge on any atom is 0.251 e. The standard InChI is InChI=1S/C22H15ClFN5O/c23-15-7-5-12(9-16(15)24)11-25-22(30)13-6-8-18-19(10-13)27-21(26-18)20-14-3-1-2-4-17(14)28-29-20/h1-10H,11H2,(H,25,30)(H,26,27)(H,28,29). The van der Waals surface area contributed by atoms with E-state index in [1.807, 2.05) is 24.3 Å². The second-order valence-electron chi connectivity index (χ2n) is 6.87. The van der Waals surface area contributed by atoms with Crippen molar-refractivity contribution in [3.05, 3.63) is 82.6 Å². The van der Waals surface area contributed by atoms with Gasteiger partial charge in [0.2, 0.25) is 0 Å². The van der Waals surface area contributed by atoms with Gasteiger partial charge in [-0.3, -0.25) is 9.89 Å². The highest BCUT2D eigenvalue weighted by atomic mass is 35.5. The van der Waals surface area contributed by atoms with E-state index in [2.05, 4.69) is 25.5 Å². The number of hydrogen-bond acceptors (Lipinski definition) is 3. The zero-order valence-electron chi connectivity index (χ0n) is 15.5. The highest BCUT2D eigenvalue weighted by molar-refractivity contribution is 6.30. The summed E-state index contributed by atoms with van der Waals surface area (Å²) in [4.78, 5) is 20.4. The van der Waals surface area contributed by atoms with Crippen LogP contribution < -0.4 is 5.32 Å². The van der Waals surface area contributed by atoms with E-state index < -0.39 is 5.82 Å². The van der Waals surface area contributed by atoms with Crippen molar-refractivity contribution < 1.29 is 9.18 Å². The Bertz CT molecular complexity index is 1410. The molecule has 8 heteroatoms. The van der Waals surface area contributed by atoms with E-state index >= 15 is 0 Å². The molecule has 0 saturated heterocycles. The topological polar surface area (TPSA) is 86.5 Å². The average Bonchev–Trinajstić information content (AvgIpc) is 3.37. The van der Waals surface area contributed by atoms with Gasteiger partial charge in [-0.1, -0.05) is 35.9 Å². The van der Waals surface area contributed by atoms with Crippen LogP contribution in [-0.4, -0.2) is 26.1 Å². The van der Waals surface area contributed by atoms with Gasteiger partial charge in [-0.15, -0.1) is 0 Å². The van der Waals surface area contributed by atoms with Gasteiger partial charge in [-0.05, 0) is 42.0 Å². The lowest BCUT2D eigenvalue weighted by Crippen LogP contribution is -2.22. The molecule has 0 radical (unpaired) electrons. The first kappa shape index (κ1) is 18.3. The average molecular weight is 420 g/mol. The minimum atomic E-state index is -0.513. The fourth-order valence-electron chi connectivity index (χ4n) is 3.34. The van der Waals surface area contributed by atoms with E-state index in [0.717, 1.165) is 27.6 Å². The number of nitrogens with zero attached hydrogens (tertiary/aromatic N) is 2. The van der Waals surface area contributed by atoms with Crippen molar-refractivity contribution >= 4 is 39.4 Å². The Morgan fingerprint density at radius 2 is 1.93 bits per heavy atom. The van der Waals surface area contributed by atoms with Crippen molar-refractivity contribution in [1.29, 1.82) is 0 Å². The molecule has 3 N–H and O–H groups in total. The molecule has 148 valence electrons.